The van der Waals surface area contributed by atoms with E-state index in [0.717, 1.165) is 24.3 Å². The third kappa shape index (κ3) is 2.34. The number of nitrogens with zero attached hydrogens (tertiary/aromatic N) is 1. The summed E-state index contributed by atoms with van der Waals surface area (Å²) in [6, 6.07) is 6.31. The van der Waals surface area contributed by atoms with Crippen LogP contribution in [-0.2, 0) is 11.2 Å². The Morgan fingerprint density at radius 1 is 1.37 bits per heavy atom. The molecular formula is C16H21NO2. The number of ether oxygens (including phenoxy) is 1. The molecule has 0 bridgehead atoms. The van der Waals surface area contributed by atoms with Gasteiger partial charge in [-0.2, -0.15) is 0 Å². The van der Waals surface area contributed by atoms with E-state index >= 15 is 0 Å². The molecule has 1 aliphatic carbocycles. The molecule has 0 spiro atoms. The number of rotatable bonds is 3. The molecule has 3 nitrogen and oxygen atoms in total. The van der Waals surface area contributed by atoms with Crippen molar-refractivity contribution < 1.29 is 9.53 Å². The lowest BCUT2D eigenvalue weighted by Gasteiger charge is -2.36. The average Bonchev–Trinajstić information content (AvgIpc) is 3.21. The van der Waals surface area contributed by atoms with Crippen molar-refractivity contribution in [1.29, 1.82) is 0 Å². The van der Waals surface area contributed by atoms with Crippen molar-refractivity contribution >= 4 is 11.6 Å². The summed E-state index contributed by atoms with van der Waals surface area (Å²) in [6.45, 7) is 2.15. The zero-order valence-corrected chi connectivity index (χ0v) is 11.7. The van der Waals surface area contributed by atoms with Crippen molar-refractivity contribution in [2.24, 2.45) is 5.92 Å². The third-order valence-electron chi connectivity index (χ3n) is 4.27. The molecule has 102 valence electrons. The molecule has 1 fully saturated rings. The van der Waals surface area contributed by atoms with Crippen molar-refractivity contribution in [2.45, 2.75) is 45.1 Å². The Morgan fingerprint density at radius 3 is 2.84 bits per heavy atom. The number of fused-ring (bicyclic) bond motifs is 1. The second-order valence-corrected chi connectivity index (χ2v) is 5.76. The van der Waals surface area contributed by atoms with Gasteiger partial charge in [0.05, 0.1) is 12.8 Å². The summed E-state index contributed by atoms with van der Waals surface area (Å²) in [5.41, 5.74) is 2.25. The van der Waals surface area contributed by atoms with Gasteiger partial charge in [0.2, 0.25) is 5.91 Å². The normalized spacial score (nSPS) is 22.0. The molecule has 2 aliphatic rings. The van der Waals surface area contributed by atoms with Crippen LogP contribution in [0.15, 0.2) is 18.2 Å². The van der Waals surface area contributed by atoms with Gasteiger partial charge in [0, 0.05) is 18.0 Å². The molecule has 1 heterocycles. The van der Waals surface area contributed by atoms with Crippen molar-refractivity contribution in [3.8, 4) is 5.75 Å². The van der Waals surface area contributed by atoms with Crippen LogP contribution in [-0.4, -0.2) is 19.1 Å². The van der Waals surface area contributed by atoms with E-state index in [1.807, 2.05) is 17.0 Å². The maximum Gasteiger partial charge on any atom is 0.227 e. The highest BCUT2D eigenvalue weighted by molar-refractivity contribution is 5.95. The summed E-state index contributed by atoms with van der Waals surface area (Å²) in [4.78, 5) is 14.5. The fourth-order valence-corrected chi connectivity index (χ4v) is 2.99. The van der Waals surface area contributed by atoms with E-state index in [1.165, 1.54) is 18.4 Å². The molecule has 1 aliphatic heterocycles. The van der Waals surface area contributed by atoms with Crippen molar-refractivity contribution in [3.63, 3.8) is 0 Å². The van der Waals surface area contributed by atoms with E-state index < -0.39 is 0 Å². The third-order valence-corrected chi connectivity index (χ3v) is 4.27. The topological polar surface area (TPSA) is 29.5 Å². The Labute approximate surface area is 114 Å². The van der Waals surface area contributed by atoms with E-state index in [1.54, 1.807) is 7.11 Å². The fraction of sp³-hybridized carbons (Fsp3) is 0.562. The molecule has 1 aromatic carbocycles. The Hall–Kier alpha value is -1.51. The molecule has 1 atom stereocenters. The van der Waals surface area contributed by atoms with E-state index in [-0.39, 0.29) is 5.91 Å². The van der Waals surface area contributed by atoms with Crippen molar-refractivity contribution in [3.05, 3.63) is 23.8 Å². The summed E-state index contributed by atoms with van der Waals surface area (Å²) in [5.74, 6) is 1.83. The molecule has 3 rings (SSSR count). The van der Waals surface area contributed by atoms with Gasteiger partial charge in [-0.15, -0.1) is 0 Å². The van der Waals surface area contributed by atoms with Crippen LogP contribution in [0.4, 0.5) is 5.69 Å². The number of hydrogen-bond acceptors (Lipinski definition) is 2. The van der Waals surface area contributed by atoms with Gasteiger partial charge >= 0.3 is 0 Å². The molecule has 0 N–H and O–H groups in total. The molecule has 0 saturated heterocycles. The van der Waals surface area contributed by atoms with Crippen molar-refractivity contribution in [2.75, 3.05) is 12.0 Å². The highest BCUT2D eigenvalue weighted by atomic mass is 16.5. The van der Waals surface area contributed by atoms with Gasteiger partial charge < -0.3 is 9.64 Å². The number of hydrogen-bond donors (Lipinski definition) is 0. The van der Waals surface area contributed by atoms with Gasteiger partial charge in [0.1, 0.15) is 5.75 Å². The van der Waals surface area contributed by atoms with E-state index in [9.17, 15) is 4.79 Å². The first-order valence-corrected chi connectivity index (χ1v) is 7.18. The predicted octanol–water partition coefficient (Wildman–Crippen LogP) is 3.16. The number of carbonyl (C=O) groups excluding carboxylic acids is 1. The molecule has 19 heavy (non-hydrogen) atoms. The monoisotopic (exact) mass is 259 g/mol. The minimum absolute atomic E-state index is 0.282. The minimum Gasteiger partial charge on any atom is -0.496 e. The number of benzene rings is 1. The van der Waals surface area contributed by atoms with E-state index in [4.69, 9.17) is 4.74 Å². The smallest absolute Gasteiger partial charge is 0.227 e. The Bertz CT molecular complexity index is 494. The maximum atomic E-state index is 12.5. The molecule has 0 radical (unpaired) electrons. The van der Waals surface area contributed by atoms with Gasteiger partial charge in [-0.05, 0) is 50.7 Å². The zero-order chi connectivity index (χ0) is 13.4. The number of methoxy groups -OCH3 is 1. The van der Waals surface area contributed by atoms with Crippen LogP contribution in [0.5, 0.6) is 5.75 Å². The molecule has 1 amide bonds. The lowest BCUT2D eigenvalue weighted by molar-refractivity contribution is -0.119. The summed E-state index contributed by atoms with van der Waals surface area (Å²) in [6.07, 6.45) is 5.16. The SMILES string of the molecule is COc1cccc2c1CC[C@H](C)N2C(=O)CC1CC1. The molecule has 3 heteroatoms. The number of carbonyl (C=O) groups is 1. The Morgan fingerprint density at radius 2 is 2.16 bits per heavy atom. The van der Waals surface area contributed by atoms with Crippen LogP contribution < -0.4 is 9.64 Å². The van der Waals surface area contributed by atoms with Crippen LogP contribution >= 0.6 is 0 Å². The molecule has 0 aromatic heterocycles. The second kappa shape index (κ2) is 4.87. The van der Waals surface area contributed by atoms with Crippen LogP contribution in [0.25, 0.3) is 0 Å². The largest absolute Gasteiger partial charge is 0.496 e. The quantitative estimate of drug-likeness (QED) is 0.834. The lowest BCUT2D eigenvalue weighted by Crippen LogP contribution is -2.42. The first kappa shape index (κ1) is 12.5. The van der Waals surface area contributed by atoms with Gasteiger partial charge in [0.25, 0.3) is 0 Å². The van der Waals surface area contributed by atoms with Gasteiger partial charge in [0.15, 0.2) is 0 Å². The van der Waals surface area contributed by atoms with E-state index in [0.29, 0.717) is 18.4 Å². The standard InChI is InChI=1S/C16H21NO2/c1-11-6-9-13-14(4-3-5-15(13)19-2)17(11)16(18)10-12-7-8-12/h3-5,11-12H,6-10H2,1-2H3/t11-/m0/s1. The maximum absolute atomic E-state index is 12.5. The summed E-state index contributed by atoms with van der Waals surface area (Å²) >= 11 is 0. The molecule has 0 unspecified atom stereocenters. The van der Waals surface area contributed by atoms with Gasteiger partial charge in [-0.3, -0.25) is 4.79 Å². The first-order chi connectivity index (χ1) is 9.20. The lowest BCUT2D eigenvalue weighted by atomic mass is 9.95. The highest BCUT2D eigenvalue weighted by Gasteiger charge is 2.33. The second-order valence-electron chi connectivity index (χ2n) is 5.76. The van der Waals surface area contributed by atoms with Gasteiger partial charge in [-0.1, -0.05) is 6.07 Å². The number of amides is 1. The Kier molecular flexibility index (Phi) is 3.21. The highest BCUT2D eigenvalue weighted by Crippen LogP contribution is 2.39. The minimum atomic E-state index is 0.282. The van der Waals surface area contributed by atoms with E-state index in [2.05, 4.69) is 13.0 Å². The van der Waals surface area contributed by atoms with Crippen LogP contribution in [0.3, 0.4) is 0 Å². The average molecular weight is 259 g/mol. The van der Waals surface area contributed by atoms with Crippen LogP contribution in [0.1, 0.15) is 38.2 Å². The fourth-order valence-electron chi connectivity index (χ4n) is 2.99. The van der Waals surface area contributed by atoms with Crippen LogP contribution in [0.2, 0.25) is 0 Å². The van der Waals surface area contributed by atoms with Crippen LogP contribution in [0, 0.1) is 5.92 Å². The van der Waals surface area contributed by atoms with Crippen molar-refractivity contribution in [1.82, 2.24) is 0 Å². The van der Waals surface area contributed by atoms with Gasteiger partial charge in [-0.25, -0.2) is 0 Å². The molecule has 1 aromatic rings. The molecule has 1 saturated carbocycles. The first-order valence-electron chi connectivity index (χ1n) is 7.18. The zero-order valence-electron chi connectivity index (χ0n) is 11.7. The summed E-state index contributed by atoms with van der Waals surface area (Å²) in [7, 11) is 1.70. The Balaban J connectivity index is 1.93. The number of anilines is 1. The molecular weight excluding hydrogens is 238 g/mol. The predicted molar refractivity (Wildman–Crippen MR) is 75.6 cm³/mol. The summed E-state index contributed by atoms with van der Waals surface area (Å²) in [5, 5.41) is 0. The summed E-state index contributed by atoms with van der Waals surface area (Å²) < 4.78 is 5.43.